The maximum absolute atomic E-state index is 14.3. The van der Waals surface area contributed by atoms with Crippen LogP contribution in [0.2, 0.25) is 5.02 Å². The van der Waals surface area contributed by atoms with Crippen molar-refractivity contribution >= 4 is 34.7 Å². The third kappa shape index (κ3) is 3.02. The topological polar surface area (TPSA) is 98.2 Å². The van der Waals surface area contributed by atoms with E-state index in [4.69, 9.17) is 22.3 Å². The van der Waals surface area contributed by atoms with Crippen molar-refractivity contribution in [2.75, 3.05) is 11.1 Å². The lowest BCUT2D eigenvalue weighted by atomic mass is 9.87. The van der Waals surface area contributed by atoms with E-state index in [1.165, 1.54) is 6.07 Å². The van der Waals surface area contributed by atoms with Crippen LogP contribution >= 0.6 is 11.6 Å². The minimum absolute atomic E-state index is 0.192. The molecule has 4 aromatic rings. The lowest BCUT2D eigenvalue weighted by Gasteiger charge is -2.16. The largest absolute Gasteiger partial charge is 0.383 e. The Morgan fingerprint density at radius 1 is 1.16 bits per heavy atom. The van der Waals surface area contributed by atoms with Gasteiger partial charge < -0.3 is 15.5 Å². The molecule has 1 amide bonds. The van der Waals surface area contributed by atoms with E-state index in [1.54, 1.807) is 54.8 Å². The summed E-state index contributed by atoms with van der Waals surface area (Å²) in [6.45, 7) is 3.54. The first-order valence-corrected chi connectivity index (χ1v) is 10.0. The maximum atomic E-state index is 14.3. The average molecular weight is 437 g/mol. The molecule has 1 aliphatic heterocycles. The van der Waals surface area contributed by atoms with Gasteiger partial charge in [0.15, 0.2) is 5.82 Å². The molecule has 0 aliphatic carbocycles. The van der Waals surface area contributed by atoms with E-state index in [1.807, 2.05) is 0 Å². The van der Waals surface area contributed by atoms with Gasteiger partial charge in [0.2, 0.25) is 5.91 Å². The van der Waals surface area contributed by atoms with Crippen LogP contribution in [0.15, 0.2) is 42.6 Å². The van der Waals surface area contributed by atoms with Crippen molar-refractivity contribution in [3.63, 3.8) is 0 Å². The second-order valence-corrected chi connectivity index (χ2v) is 8.42. The van der Waals surface area contributed by atoms with Gasteiger partial charge in [-0.15, -0.1) is 0 Å². The molecule has 0 unspecified atom stereocenters. The first-order chi connectivity index (χ1) is 14.8. The Balaban J connectivity index is 1.69. The highest BCUT2D eigenvalue weighted by Crippen LogP contribution is 2.40. The van der Waals surface area contributed by atoms with E-state index < -0.39 is 5.41 Å². The van der Waals surface area contributed by atoms with Gasteiger partial charge in [-0.05, 0) is 37.6 Å². The molecular formula is C22H18ClFN6O. The van der Waals surface area contributed by atoms with Gasteiger partial charge in [-0.25, -0.2) is 19.3 Å². The number of anilines is 2. The molecule has 0 saturated heterocycles. The van der Waals surface area contributed by atoms with Crippen molar-refractivity contribution in [2.24, 2.45) is 0 Å². The number of halogens is 2. The Bertz CT molecular complexity index is 1380. The molecule has 0 atom stereocenters. The first-order valence-electron chi connectivity index (χ1n) is 9.65. The number of nitrogen functional groups attached to an aromatic ring is 1. The molecular weight excluding hydrogens is 419 g/mol. The Kier molecular flexibility index (Phi) is 4.23. The van der Waals surface area contributed by atoms with Crippen LogP contribution in [0.4, 0.5) is 16.0 Å². The van der Waals surface area contributed by atoms with Crippen molar-refractivity contribution in [3.05, 3.63) is 70.4 Å². The summed E-state index contributed by atoms with van der Waals surface area (Å²) < 4.78 is 16.0. The number of benzene rings is 1. The van der Waals surface area contributed by atoms with Crippen LogP contribution in [-0.4, -0.2) is 25.3 Å². The summed E-state index contributed by atoms with van der Waals surface area (Å²) in [5.74, 6) is 0.934. The molecule has 9 heteroatoms. The zero-order valence-corrected chi connectivity index (χ0v) is 17.5. The number of pyridine rings is 1. The van der Waals surface area contributed by atoms with Gasteiger partial charge in [-0.3, -0.25) is 4.79 Å². The molecule has 31 heavy (non-hydrogen) atoms. The van der Waals surface area contributed by atoms with Gasteiger partial charge >= 0.3 is 0 Å². The molecule has 156 valence electrons. The Hall–Kier alpha value is -3.52. The average Bonchev–Trinajstić information content (AvgIpc) is 3.17. The monoisotopic (exact) mass is 436 g/mol. The number of rotatable bonds is 3. The van der Waals surface area contributed by atoms with Crippen molar-refractivity contribution in [3.8, 4) is 11.5 Å². The summed E-state index contributed by atoms with van der Waals surface area (Å²) >= 11 is 6.21. The SMILES string of the molecule is CC1(C)C(=O)Nc2nc(-c3nc(Cc4ccccc4F)n4cc(Cl)ccc34)nc(N)c21. The number of amides is 1. The first kappa shape index (κ1) is 19.4. The van der Waals surface area contributed by atoms with E-state index in [9.17, 15) is 9.18 Å². The van der Waals surface area contributed by atoms with Crippen LogP contribution in [0.1, 0.15) is 30.8 Å². The molecule has 1 aromatic carbocycles. The quantitative estimate of drug-likeness (QED) is 0.506. The number of nitrogens with one attached hydrogen (secondary N) is 1. The lowest BCUT2D eigenvalue weighted by Crippen LogP contribution is -2.27. The molecule has 0 fully saturated rings. The highest BCUT2D eigenvalue weighted by atomic mass is 35.5. The van der Waals surface area contributed by atoms with E-state index in [0.29, 0.717) is 39.0 Å². The predicted molar refractivity (Wildman–Crippen MR) is 117 cm³/mol. The van der Waals surface area contributed by atoms with Crippen LogP contribution in [0.3, 0.4) is 0 Å². The van der Waals surface area contributed by atoms with E-state index in [0.717, 1.165) is 0 Å². The van der Waals surface area contributed by atoms with Crippen LogP contribution < -0.4 is 11.1 Å². The van der Waals surface area contributed by atoms with Gasteiger partial charge in [0.25, 0.3) is 0 Å². The smallest absolute Gasteiger partial charge is 0.235 e. The zero-order chi connectivity index (χ0) is 21.9. The summed E-state index contributed by atoms with van der Waals surface area (Å²) in [5, 5.41) is 3.28. The Labute approximate surface area is 182 Å². The molecule has 5 rings (SSSR count). The summed E-state index contributed by atoms with van der Waals surface area (Å²) in [5.41, 5.74) is 7.63. The van der Waals surface area contributed by atoms with Gasteiger partial charge in [0.1, 0.15) is 29.0 Å². The number of aromatic nitrogens is 4. The molecule has 3 aromatic heterocycles. The second kappa shape index (κ2) is 6.75. The maximum Gasteiger partial charge on any atom is 0.235 e. The number of imidazole rings is 1. The third-order valence-electron chi connectivity index (χ3n) is 5.55. The molecule has 4 heterocycles. The van der Waals surface area contributed by atoms with Gasteiger partial charge in [0.05, 0.1) is 21.5 Å². The summed E-state index contributed by atoms with van der Waals surface area (Å²) in [6, 6.07) is 10.1. The van der Waals surface area contributed by atoms with Gasteiger partial charge in [-0.2, -0.15) is 0 Å². The summed E-state index contributed by atoms with van der Waals surface area (Å²) in [7, 11) is 0. The summed E-state index contributed by atoms with van der Waals surface area (Å²) in [6.07, 6.45) is 1.96. The lowest BCUT2D eigenvalue weighted by molar-refractivity contribution is -0.119. The fourth-order valence-corrected chi connectivity index (χ4v) is 4.05. The van der Waals surface area contributed by atoms with Gasteiger partial charge in [0, 0.05) is 12.6 Å². The number of hydrogen-bond acceptors (Lipinski definition) is 5. The Morgan fingerprint density at radius 3 is 2.71 bits per heavy atom. The number of fused-ring (bicyclic) bond motifs is 2. The Morgan fingerprint density at radius 2 is 1.94 bits per heavy atom. The van der Waals surface area contributed by atoms with Gasteiger partial charge in [-0.1, -0.05) is 29.8 Å². The third-order valence-corrected chi connectivity index (χ3v) is 5.78. The number of nitrogens with two attached hydrogens (primary N) is 1. The number of carbonyl (C=O) groups is 1. The highest BCUT2D eigenvalue weighted by molar-refractivity contribution is 6.30. The number of carbonyl (C=O) groups excluding carboxylic acids is 1. The molecule has 0 radical (unpaired) electrons. The number of hydrogen-bond donors (Lipinski definition) is 2. The number of nitrogens with zero attached hydrogens (tertiary/aromatic N) is 4. The molecule has 1 aliphatic rings. The second-order valence-electron chi connectivity index (χ2n) is 7.98. The van der Waals surface area contributed by atoms with Crippen LogP contribution in [0.5, 0.6) is 0 Å². The molecule has 7 nitrogen and oxygen atoms in total. The van der Waals surface area contributed by atoms with Crippen LogP contribution in [0.25, 0.3) is 17.0 Å². The summed E-state index contributed by atoms with van der Waals surface area (Å²) in [4.78, 5) is 26.0. The van der Waals surface area contributed by atoms with Crippen LogP contribution in [0, 0.1) is 5.82 Å². The van der Waals surface area contributed by atoms with Crippen LogP contribution in [-0.2, 0) is 16.6 Å². The van der Waals surface area contributed by atoms with E-state index >= 15 is 0 Å². The van der Waals surface area contributed by atoms with Crippen molar-refractivity contribution in [1.29, 1.82) is 0 Å². The predicted octanol–water partition coefficient (Wildman–Crippen LogP) is 3.99. The zero-order valence-electron chi connectivity index (χ0n) is 16.8. The fraction of sp³-hybridized carbons (Fsp3) is 0.182. The standard InChI is InChI=1S/C22H18ClFN6O/c1-22(2)16-18(25)27-20(28-19(16)29-21(22)31)17-14-8-7-12(23)10-30(14)15(26-17)9-11-5-3-4-6-13(11)24/h3-8,10H,9H2,1-2H3,(H3,25,27,28,29,31). The molecule has 0 bridgehead atoms. The van der Waals surface area contributed by atoms with E-state index in [-0.39, 0.29) is 29.8 Å². The fourth-order valence-electron chi connectivity index (χ4n) is 3.89. The van der Waals surface area contributed by atoms with Crippen molar-refractivity contribution in [1.82, 2.24) is 19.4 Å². The molecule has 3 N–H and O–H groups in total. The van der Waals surface area contributed by atoms with Crippen molar-refractivity contribution in [2.45, 2.75) is 25.7 Å². The highest BCUT2D eigenvalue weighted by Gasteiger charge is 2.42. The molecule has 0 saturated carbocycles. The van der Waals surface area contributed by atoms with E-state index in [2.05, 4.69) is 15.3 Å². The molecule has 0 spiro atoms. The minimum Gasteiger partial charge on any atom is -0.383 e. The normalized spacial score (nSPS) is 14.6. The van der Waals surface area contributed by atoms with Crippen molar-refractivity contribution < 1.29 is 9.18 Å². The minimum atomic E-state index is -0.822.